The minimum absolute atomic E-state index is 0.161. The number of thiophene rings is 1. The van der Waals surface area contributed by atoms with Gasteiger partial charge in [0.25, 0.3) is 0 Å². The number of aryl methyl sites for hydroxylation is 1. The van der Waals surface area contributed by atoms with Gasteiger partial charge < -0.3 is 0 Å². The SMILES string of the molecule is c1csc(-c2nc(C[I-]CCc3ccc(-n4cccn4)cc3)cs2)c1. The summed E-state index contributed by atoms with van der Waals surface area (Å²) in [6, 6.07) is 14.9. The van der Waals surface area contributed by atoms with Crippen molar-refractivity contribution >= 4 is 22.7 Å². The van der Waals surface area contributed by atoms with Crippen LogP contribution in [0.25, 0.3) is 15.6 Å². The van der Waals surface area contributed by atoms with Crippen molar-refractivity contribution in [2.45, 2.75) is 10.8 Å². The molecule has 1 aromatic carbocycles. The Labute approximate surface area is 165 Å². The number of hydrogen-bond acceptors (Lipinski definition) is 4. The molecule has 0 N–H and O–H groups in total. The molecule has 3 heterocycles. The van der Waals surface area contributed by atoms with Crippen molar-refractivity contribution in [1.29, 1.82) is 0 Å². The van der Waals surface area contributed by atoms with Gasteiger partial charge in [0.15, 0.2) is 0 Å². The number of alkyl halides is 2. The van der Waals surface area contributed by atoms with Gasteiger partial charge in [-0.2, -0.15) is 0 Å². The third-order valence-electron chi connectivity index (χ3n) is 3.74. The van der Waals surface area contributed by atoms with Crippen molar-refractivity contribution in [3.05, 3.63) is 76.9 Å². The van der Waals surface area contributed by atoms with Crippen LogP contribution in [-0.4, -0.2) is 19.2 Å². The number of halogens is 1. The Hall–Kier alpha value is -1.51. The van der Waals surface area contributed by atoms with Crippen molar-refractivity contribution in [2.24, 2.45) is 0 Å². The molecule has 0 bridgehead atoms. The Bertz CT molecular complexity index is 897. The maximum absolute atomic E-state index is 4.78. The Morgan fingerprint density at radius 3 is 2.72 bits per heavy atom. The van der Waals surface area contributed by atoms with E-state index in [0.29, 0.717) is 0 Å². The molecule has 0 aliphatic rings. The molecular weight excluding hydrogens is 461 g/mol. The first-order chi connectivity index (χ1) is 12.4. The van der Waals surface area contributed by atoms with Crippen molar-refractivity contribution < 1.29 is 21.2 Å². The first-order valence-electron chi connectivity index (χ1n) is 7.99. The molecule has 25 heavy (non-hydrogen) atoms. The first kappa shape index (κ1) is 16.9. The van der Waals surface area contributed by atoms with Crippen LogP contribution in [0.3, 0.4) is 0 Å². The number of hydrogen-bond donors (Lipinski definition) is 0. The molecule has 3 nitrogen and oxygen atoms in total. The topological polar surface area (TPSA) is 30.7 Å². The van der Waals surface area contributed by atoms with Crippen LogP contribution in [0.4, 0.5) is 0 Å². The second-order valence-corrected chi connectivity index (χ2v) is 10.2. The summed E-state index contributed by atoms with van der Waals surface area (Å²) < 4.78 is 4.36. The van der Waals surface area contributed by atoms with Crippen LogP contribution in [0.2, 0.25) is 0 Å². The molecule has 0 unspecified atom stereocenters. The van der Waals surface area contributed by atoms with E-state index in [0.717, 1.165) is 12.1 Å². The normalized spacial score (nSPS) is 11.2. The number of benzene rings is 1. The predicted molar refractivity (Wildman–Crippen MR) is 101 cm³/mol. The van der Waals surface area contributed by atoms with Crippen LogP contribution in [0, 0.1) is 0 Å². The van der Waals surface area contributed by atoms with Crippen LogP contribution >= 0.6 is 22.7 Å². The monoisotopic (exact) mass is 478 g/mol. The van der Waals surface area contributed by atoms with E-state index in [4.69, 9.17) is 4.98 Å². The van der Waals surface area contributed by atoms with E-state index in [1.165, 1.54) is 30.0 Å². The van der Waals surface area contributed by atoms with E-state index in [1.807, 2.05) is 16.9 Å². The van der Waals surface area contributed by atoms with Crippen LogP contribution in [0.1, 0.15) is 11.3 Å². The first-order valence-corrected chi connectivity index (χ1v) is 12.8. The number of nitrogens with zero attached hydrogens (tertiary/aromatic N) is 3. The van der Waals surface area contributed by atoms with Crippen molar-refractivity contribution in [1.82, 2.24) is 14.8 Å². The molecule has 0 radical (unpaired) electrons. The fraction of sp³-hybridized carbons (Fsp3) is 0.158. The summed E-state index contributed by atoms with van der Waals surface area (Å²) in [4.78, 5) is 6.07. The van der Waals surface area contributed by atoms with Crippen LogP contribution in [0.15, 0.2) is 65.6 Å². The molecular formula is C19H17IN3S2-. The van der Waals surface area contributed by atoms with E-state index in [-0.39, 0.29) is 21.2 Å². The van der Waals surface area contributed by atoms with E-state index in [9.17, 15) is 0 Å². The molecule has 128 valence electrons. The fourth-order valence-electron chi connectivity index (χ4n) is 2.46. The molecule has 4 rings (SSSR count). The number of rotatable bonds is 7. The molecule has 0 aliphatic heterocycles. The summed E-state index contributed by atoms with van der Waals surface area (Å²) in [6.07, 6.45) is 4.94. The quantitative estimate of drug-likeness (QED) is 0.231. The third-order valence-corrected chi connectivity index (χ3v) is 8.29. The molecule has 0 fully saturated rings. The van der Waals surface area contributed by atoms with Gasteiger partial charge in [-0.25, -0.2) is 0 Å². The van der Waals surface area contributed by atoms with Crippen molar-refractivity contribution in [3.8, 4) is 15.6 Å². The van der Waals surface area contributed by atoms with Crippen LogP contribution in [-0.2, 0) is 10.8 Å². The molecule has 0 spiro atoms. The molecule has 0 saturated carbocycles. The molecule has 6 heteroatoms. The average molecular weight is 478 g/mol. The summed E-state index contributed by atoms with van der Waals surface area (Å²) in [5.41, 5.74) is 3.80. The van der Waals surface area contributed by atoms with Gasteiger partial charge >= 0.3 is 166 Å². The fourth-order valence-corrected chi connectivity index (χ4v) is 6.72. The maximum atomic E-state index is 4.78. The predicted octanol–water partition coefficient (Wildman–Crippen LogP) is 1.89. The summed E-state index contributed by atoms with van der Waals surface area (Å²) in [5, 5.41) is 9.77. The summed E-state index contributed by atoms with van der Waals surface area (Å²) in [7, 11) is 0. The second-order valence-electron chi connectivity index (χ2n) is 5.50. The summed E-state index contributed by atoms with van der Waals surface area (Å²) >= 11 is 3.70. The molecule has 0 atom stereocenters. The summed E-state index contributed by atoms with van der Waals surface area (Å²) in [5.74, 6) is 0. The molecule has 0 amide bonds. The zero-order chi connectivity index (χ0) is 16.9. The number of aromatic nitrogens is 3. The average Bonchev–Trinajstić information content (AvgIpc) is 3.41. The van der Waals surface area contributed by atoms with E-state index < -0.39 is 0 Å². The van der Waals surface area contributed by atoms with Gasteiger partial charge in [-0.15, -0.1) is 0 Å². The van der Waals surface area contributed by atoms with Gasteiger partial charge in [0.1, 0.15) is 0 Å². The van der Waals surface area contributed by atoms with Crippen LogP contribution < -0.4 is 21.2 Å². The van der Waals surface area contributed by atoms with Crippen molar-refractivity contribution in [2.75, 3.05) is 4.43 Å². The molecule has 4 aromatic rings. The van der Waals surface area contributed by atoms with Gasteiger partial charge in [0.05, 0.1) is 0 Å². The van der Waals surface area contributed by atoms with E-state index in [1.54, 1.807) is 28.9 Å². The standard InChI is InChI=1S/C19H17IN3S2/c1-3-18(24-12-1)19-22-16(14-25-19)13-20-9-8-15-4-6-17(7-5-15)23-11-2-10-21-23/h1-7,10-12,14H,8-9,13H2/q-1. The Kier molecular flexibility index (Phi) is 5.58. The zero-order valence-electron chi connectivity index (χ0n) is 13.5. The van der Waals surface area contributed by atoms with E-state index >= 15 is 0 Å². The summed E-state index contributed by atoms with van der Waals surface area (Å²) in [6.45, 7) is 0. The van der Waals surface area contributed by atoms with Gasteiger partial charge in [-0.1, -0.05) is 0 Å². The third kappa shape index (κ3) is 4.37. The second kappa shape index (κ2) is 8.25. The molecule has 0 aliphatic carbocycles. The Balaban J connectivity index is 1.25. The van der Waals surface area contributed by atoms with Crippen LogP contribution in [0.5, 0.6) is 0 Å². The molecule has 0 saturated heterocycles. The van der Waals surface area contributed by atoms with Gasteiger partial charge in [-0.05, 0) is 0 Å². The minimum atomic E-state index is 0.161. The molecule has 3 aromatic heterocycles. The van der Waals surface area contributed by atoms with Gasteiger partial charge in [0.2, 0.25) is 0 Å². The number of thiazole rings is 1. The van der Waals surface area contributed by atoms with E-state index in [2.05, 4.69) is 52.3 Å². The zero-order valence-corrected chi connectivity index (χ0v) is 17.3. The Morgan fingerprint density at radius 2 is 1.96 bits per heavy atom. The van der Waals surface area contributed by atoms with Gasteiger partial charge in [-0.3, -0.25) is 0 Å². The van der Waals surface area contributed by atoms with Crippen molar-refractivity contribution in [3.63, 3.8) is 0 Å². The van der Waals surface area contributed by atoms with Gasteiger partial charge in [0, 0.05) is 0 Å². The Morgan fingerprint density at radius 1 is 1.04 bits per heavy atom.